The molecule has 188 valence electrons. The maximum atomic E-state index is 13.9. The third-order valence-electron chi connectivity index (χ3n) is 6.13. The molecule has 0 unspecified atom stereocenters. The van der Waals surface area contributed by atoms with E-state index >= 15 is 0 Å². The molecule has 1 aromatic carbocycles. The Morgan fingerprint density at radius 2 is 1.82 bits per heavy atom. The molecular formula is C28H23FN8O. The van der Waals surface area contributed by atoms with Gasteiger partial charge in [-0.1, -0.05) is 12.1 Å². The van der Waals surface area contributed by atoms with Gasteiger partial charge < -0.3 is 15.2 Å². The van der Waals surface area contributed by atoms with E-state index in [1.807, 2.05) is 44.4 Å². The number of amides is 1. The molecule has 0 fully saturated rings. The van der Waals surface area contributed by atoms with Crippen molar-refractivity contribution >= 4 is 33.5 Å². The molecule has 0 radical (unpaired) electrons. The highest BCUT2D eigenvalue weighted by Crippen LogP contribution is 2.34. The first kappa shape index (κ1) is 23.4. The number of fused-ring (bicyclic) bond motifs is 2. The third-order valence-corrected chi connectivity index (χ3v) is 6.13. The molecule has 6 rings (SSSR count). The van der Waals surface area contributed by atoms with E-state index in [1.165, 1.54) is 12.1 Å². The van der Waals surface area contributed by atoms with Gasteiger partial charge in [-0.2, -0.15) is 5.10 Å². The summed E-state index contributed by atoms with van der Waals surface area (Å²) in [4.78, 5) is 30.8. The van der Waals surface area contributed by atoms with Crippen LogP contribution in [0, 0.1) is 5.82 Å². The summed E-state index contributed by atoms with van der Waals surface area (Å²) in [5, 5.41) is 12.1. The molecule has 38 heavy (non-hydrogen) atoms. The maximum Gasteiger partial charge on any atom is 0.238 e. The molecule has 0 aliphatic carbocycles. The number of aromatic nitrogens is 6. The fourth-order valence-electron chi connectivity index (χ4n) is 4.47. The number of rotatable bonds is 6. The van der Waals surface area contributed by atoms with Crippen LogP contribution in [0.25, 0.3) is 55.7 Å². The van der Waals surface area contributed by atoms with Crippen LogP contribution in [-0.4, -0.2) is 61.6 Å². The minimum Gasteiger partial charge on any atom is -0.353 e. The predicted octanol–water partition coefficient (Wildman–Crippen LogP) is 4.87. The minimum atomic E-state index is -0.315. The number of benzene rings is 1. The van der Waals surface area contributed by atoms with E-state index in [0.29, 0.717) is 28.3 Å². The number of hydrogen-bond donors (Lipinski definition) is 3. The highest BCUT2D eigenvalue weighted by molar-refractivity contribution is 6.00. The Hall–Kier alpha value is -4.96. The Bertz CT molecular complexity index is 1810. The van der Waals surface area contributed by atoms with E-state index in [4.69, 9.17) is 0 Å². The van der Waals surface area contributed by atoms with Crippen LogP contribution in [-0.2, 0) is 4.79 Å². The topological polar surface area (TPSA) is 115 Å². The fourth-order valence-corrected chi connectivity index (χ4v) is 4.47. The molecule has 0 atom stereocenters. The Kier molecular flexibility index (Phi) is 5.85. The normalized spacial score (nSPS) is 11.5. The summed E-state index contributed by atoms with van der Waals surface area (Å²) in [5.74, 6) is -0.435. The molecule has 0 bridgehead atoms. The summed E-state index contributed by atoms with van der Waals surface area (Å²) in [6, 6.07) is 14.1. The Balaban J connectivity index is 1.38. The molecule has 0 aliphatic rings. The number of nitrogens with one attached hydrogen (secondary N) is 3. The van der Waals surface area contributed by atoms with Crippen molar-refractivity contribution in [3.63, 3.8) is 0 Å². The molecule has 6 aromatic rings. The minimum absolute atomic E-state index is 0.120. The number of nitrogens with zero attached hydrogens (tertiary/aromatic N) is 5. The smallest absolute Gasteiger partial charge is 0.238 e. The largest absolute Gasteiger partial charge is 0.353 e. The van der Waals surface area contributed by atoms with Crippen LogP contribution in [0.3, 0.4) is 0 Å². The van der Waals surface area contributed by atoms with Gasteiger partial charge >= 0.3 is 0 Å². The number of carbonyl (C=O) groups is 1. The Morgan fingerprint density at radius 3 is 2.66 bits per heavy atom. The molecular weight excluding hydrogens is 483 g/mol. The summed E-state index contributed by atoms with van der Waals surface area (Å²) in [6.07, 6.45) is 6.78. The van der Waals surface area contributed by atoms with Crippen LogP contribution in [0.5, 0.6) is 0 Å². The van der Waals surface area contributed by atoms with E-state index in [1.54, 1.807) is 35.8 Å². The number of aromatic amines is 2. The number of pyridine rings is 3. The molecule has 0 saturated carbocycles. The molecule has 0 aliphatic heterocycles. The van der Waals surface area contributed by atoms with E-state index in [-0.39, 0.29) is 18.3 Å². The van der Waals surface area contributed by atoms with Crippen molar-refractivity contribution < 1.29 is 9.18 Å². The summed E-state index contributed by atoms with van der Waals surface area (Å²) in [5.41, 5.74) is 6.59. The van der Waals surface area contributed by atoms with Crippen LogP contribution in [0.1, 0.15) is 0 Å². The van der Waals surface area contributed by atoms with E-state index in [9.17, 15) is 9.18 Å². The van der Waals surface area contributed by atoms with Gasteiger partial charge in [0.2, 0.25) is 5.91 Å². The second-order valence-corrected chi connectivity index (χ2v) is 9.25. The Labute approximate surface area is 216 Å². The van der Waals surface area contributed by atoms with Gasteiger partial charge in [0.15, 0.2) is 5.65 Å². The second-order valence-electron chi connectivity index (χ2n) is 9.25. The summed E-state index contributed by atoms with van der Waals surface area (Å²) in [7, 11) is 3.67. The lowest BCUT2D eigenvalue weighted by atomic mass is 10.1. The zero-order valence-electron chi connectivity index (χ0n) is 20.7. The molecule has 10 heteroatoms. The van der Waals surface area contributed by atoms with Gasteiger partial charge in [0.1, 0.15) is 11.5 Å². The monoisotopic (exact) mass is 506 g/mol. The van der Waals surface area contributed by atoms with Crippen molar-refractivity contribution in [1.82, 2.24) is 35.0 Å². The predicted molar refractivity (Wildman–Crippen MR) is 145 cm³/mol. The zero-order valence-corrected chi connectivity index (χ0v) is 20.7. The van der Waals surface area contributed by atoms with Gasteiger partial charge in [-0.05, 0) is 50.5 Å². The van der Waals surface area contributed by atoms with Crippen LogP contribution in [0.2, 0.25) is 0 Å². The van der Waals surface area contributed by atoms with Crippen molar-refractivity contribution in [3.05, 3.63) is 79.1 Å². The number of carbonyl (C=O) groups excluding carboxylic acids is 1. The first-order valence-electron chi connectivity index (χ1n) is 11.9. The summed E-state index contributed by atoms with van der Waals surface area (Å²) >= 11 is 0. The lowest BCUT2D eigenvalue weighted by molar-refractivity contribution is -0.116. The number of halogens is 1. The van der Waals surface area contributed by atoms with E-state index in [2.05, 4.69) is 35.5 Å². The van der Waals surface area contributed by atoms with Crippen molar-refractivity contribution in [2.45, 2.75) is 0 Å². The van der Waals surface area contributed by atoms with E-state index < -0.39 is 0 Å². The van der Waals surface area contributed by atoms with Crippen LogP contribution in [0.4, 0.5) is 10.1 Å². The molecule has 3 N–H and O–H groups in total. The lowest BCUT2D eigenvalue weighted by Crippen LogP contribution is -2.27. The van der Waals surface area contributed by atoms with Crippen LogP contribution in [0.15, 0.2) is 73.3 Å². The number of anilines is 1. The molecule has 1 amide bonds. The van der Waals surface area contributed by atoms with Gasteiger partial charge in [-0.15, -0.1) is 0 Å². The fraction of sp³-hybridized carbons (Fsp3) is 0.107. The maximum absolute atomic E-state index is 13.9. The SMILES string of the molecule is CN(C)CC(=O)Nc1cncc(-c2cnc3[nH]nc(-c4cc5c(-c6cccc(F)c6)nccc5[nH]4)c3c2)c1. The summed E-state index contributed by atoms with van der Waals surface area (Å²) < 4.78 is 13.9. The summed E-state index contributed by atoms with van der Waals surface area (Å²) in [6.45, 7) is 0.275. The van der Waals surface area contributed by atoms with Crippen molar-refractivity contribution in [2.24, 2.45) is 0 Å². The van der Waals surface area contributed by atoms with Crippen LogP contribution < -0.4 is 5.32 Å². The molecule has 0 spiro atoms. The Morgan fingerprint density at radius 1 is 0.947 bits per heavy atom. The van der Waals surface area contributed by atoms with E-state index in [0.717, 1.165) is 33.1 Å². The zero-order chi connectivity index (χ0) is 26.2. The quantitative estimate of drug-likeness (QED) is 0.297. The van der Waals surface area contributed by atoms with Gasteiger partial charge in [0.25, 0.3) is 0 Å². The van der Waals surface area contributed by atoms with Crippen molar-refractivity contribution in [1.29, 1.82) is 0 Å². The molecule has 5 aromatic heterocycles. The van der Waals surface area contributed by atoms with Gasteiger partial charge in [0, 0.05) is 51.6 Å². The number of hydrogen-bond acceptors (Lipinski definition) is 6. The lowest BCUT2D eigenvalue weighted by Gasteiger charge is -2.10. The highest BCUT2D eigenvalue weighted by atomic mass is 19.1. The highest BCUT2D eigenvalue weighted by Gasteiger charge is 2.16. The molecule has 0 saturated heterocycles. The van der Waals surface area contributed by atoms with Crippen molar-refractivity contribution in [3.8, 4) is 33.8 Å². The first-order chi connectivity index (χ1) is 18.4. The second kappa shape index (κ2) is 9.49. The van der Waals surface area contributed by atoms with Crippen molar-refractivity contribution in [2.75, 3.05) is 26.0 Å². The standard InChI is InChI=1S/C28H23FN8O/c1-37(2)15-25(38)33-20-9-17(12-30-14-20)18-10-22-27(35-36-28(22)32-13-18)24-11-21-23(34-24)6-7-31-26(21)16-4-3-5-19(29)8-16/h3-14,34H,15H2,1-2H3,(H,33,38)(H,32,35,36). The first-order valence-corrected chi connectivity index (χ1v) is 11.9. The number of likely N-dealkylation sites (N-methyl/N-ethyl adjacent to an activating group) is 1. The average Bonchev–Trinajstić information content (AvgIpc) is 3.52. The van der Waals surface area contributed by atoms with Gasteiger partial charge in [0.05, 0.1) is 29.8 Å². The molecule has 5 heterocycles. The van der Waals surface area contributed by atoms with Gasteiger partial charge in [-0.3, -0.25) is 19.9 Å². The number of H-pyrrole nitrogens is 2. The third kappa shape index (κ3) is 4.48. The molecule has 9 nitrogen and oxygen atoms in total. The van der Waals surface area contributed by atoms with Gasteiger partial charge in [-0.25, -0.2) is 9.37 Å². The average molecular weight is 507 g/mol. The van der Waals surface area contributed by atoms with Crippen LogP contribution >= 0.6 is 0 Å².